The van der Waals surface area contributed by atoms with Crippen LogP contribution >= 0.6 is 12.6 Å². The molecule has 0 N–H and O–H groups in total. The Bertz CT molecular complexity index is 221. The summed E-state index contributed by atoms with van der Waals surface area (Å²) in [4.78, 5) is 10.9. The van der Waals surface area contributed by atoms with Gasteiger partial charge < -0.3 is 13.3 Å². The number of hydrogen-bond donors (Lipinski definition) is 1. The highest BCUT2D eigenvalue weighted by Crippen LogP contribution is 2.23. The van der Waals surface area contributed by atoms with Crippen LogP contribution in [0.2, 0.25) is 6.04 Å². The zero-order chi connectivity index (χ0) is 14.0. The molecule has 0 amide bonds. The van der Waals surface area contributed by atoms with E-state index in [1.165, 1.54) is 0 Å². The van der Waals surface area contributed by atoms with E-state index >= 15 is 0 Å². The fraction of sp³-hybridized carbons (Fsp3) is 0.917. The first-order valence-corrected chi connectivity index (χ1v) is 9.01. The molecule has 0 aromatic rings. The van der Waals surface area contributed by atoms with Gasteiger partial charge in [0.1, 0.15) is 0 Å². The molecule has 0 bridgehead atoms. The second-order valence-corrected chi connectivity index (χ2v) is 7.45. The lowest BCUT2D eigenvalue weighted by atomic mass is 10.1. The van der Waals surface area contributed by atoms with Crippen LogP contribution in [0, 0.1) is 5.92 Å². The van der Waals surface area contributed by atoms with Gasteiger partial charge in [-0.05, 0) is 33.1 Å². The Morgan fingerprint density at radius 2 is 1.56 bits per heavy atom. The van der Waals surface area contributed by atoms with E-state index in [9.17, 15) is 4.79 Å². The van der Waals surface area contributed by atoms with Crippen molar-refractivity contribution in [3.63, 3.8) is 0 Å². The molecule has 18 heavy (non-hydrogen) atoms. The topological polar surface area (TPSA) is 44.8 Å². The molecule has 1 atom stereocenters. The molecule has 0 saturated carbocycles. The Balaban J connectivity index is 4.40. The normalized spacial score (nSPS) is 13.6. The van der Waals surface area contributed by atoms with Gasteiger partial charge in [-0.15, -0.1) is 12.6 Å². The molecule has 0 radical (unpaired) electrons. The predicted octanol–water partition coefficient (Wildman–Crippen LogP) is 2.91. The fourth-order valence-corrected chi connectivity index (χ4v) is 4.99. The largest absolute Gasteiger partial charge is 0.500 e. The maximum Gasteiger partial charge on any atom is 0.500 e. The van der Waals surface area contributed by atoms with Crippen LogP contribution in [-0.4, -0.2) is 33.7 Å². The maximum atomic E-state index is 10.9. The molecule has 0 aliphatic rings. The van der Waals surface area contributed by atoms with Gasteiger partial charge in [0.15, 0.2) is 5.12 Å². The molecular weight excluding hydrogens is 268 g/mol. The second-order valence-electron chi connectivity index (χ2n) is 4.22. The van der Waals surface area contributed by atoms with Crippen LogP contribution in [0.3, 0.4) is 0 Å². The Labute approximate surface area is 117 Å². The number of rotatable bonds is 11. The minimum absolute atomic E-state index is 0.0704. The molecule has 6 heteroatoms. The van der Waals surface area contributed by atoms with Gasteiger partial charge in [0, 0.05) is 32.3 Å². The van der Waals surface area contributed by atoms with Crippen molar-refractivity contribution in [2.24, 2.45) is 5.92 Å². The third-order valence-corrected chi connectivity index (χ3v) is 5.83. The fourth-order valence-electron chi connectivity index (χ4n) is 1.82. The van der Waals surface area contributed by atoms with Crippen LogP contribution in [0.5, 0.6) is 0 Å². The van der Waals surface area contributed by atoms with Crippen molar-refractivity contribution in [1.82, 2.24) is 0 Å². The average molecular weight is 294 g/mol. The molecule has 4 nitrogen and oxygen atoms in total. The molecule has 0 saturated heterocycles. The van der Waals surface area contributed by atoms with Crippen molar-refractivity contribution >= 4 is 26.5 Å². The van der Waals surface area contributed by atoms with Gasteiger partial charge in [-0.3, -0.25) is 4.79 Å². The number of carbonyl (C=O) groups excluding carboxylic acids is 1. The van der Waals surface area contributed by atoms with E-state index in [1.54, 1.807) is 0 Å². The van der Waals surface area contributed by atoms with E-state index in [0.717, 1.165) is 12.5 Å². The van der Waals surface area contributed by atoms with Gasteiger partial charge in [-0.2, -0.15) is 0 Å². The summed E-state index contributed by atoms with van der Waals surface area (Å²) < 4.78 is 17.3. The van der Waals surface area contributed by atoms with Crippen molar-refractivity contribution in [1.29, 1.82) is 0 Å². The molecule has 0 aromatic carbocycles. The molecule has 0 aliphatic heterocycles. The highest BCUT2D eigenvalue weighted by atomic mass is 32.1. The van der Waals surface area contributed by atoms with E-state index in [0.29, 0.717) is 26.2 Å². The zero-order valence-corrected chi connectivity index (χ0v) is 13.8. The van der Waals surface area contributed by atoms with E-state index in [-0.39, 0.29) is 11.0 Å². The summed E-state index contributed by atoms with van der Waals surface area (Å²) in [6.45, 7) is 9.64. The van der Waals surface area contributed by atoms with Crippen molar-refractivity contribution in [2.45, 2.75) is 46.6 Å². The Hall–Kier alpha value is 0.117. The Morgan fingerprint density at radius 1 is 1.11 bits per heavy atom. The first kappa shape index (κ1) is 18.1. The second kappa shape index (κ2) is 9.97. The smallest absolute Gasteiger partial charge is 0.374 e. The van der Waals surface area contributed by atoms with Crippen molar-refractivity contribution in [2.75, 3.05) is 19.8 Å². The third-order valence-electron chi connectivity index (χ3n) is 2.56. The van der Waals surface area contributed by atoms with E-state index in [1.807, 2.05) is 27.7 Å². The van der Waals surface area contributed by atoms with Crippen LogP contribution in [0.25, 0.3) is 0 Å². The molecule has 108 valence electrons. The molecular formula is C12H26O4SSi. The van der Waals surface area contributed by atoms with Gasteiger partial charge in [-0.25, -0.2) is 0 Å². The SMILES string of the molecule is CCO[Si](CCC(C)CC(=O)S)(OCC)OCC. The number of carbonyl (C=O) groups is 1. The summed E-state index contributed by atoms with van der Waals surface area (Å²) in [5, 5.41) is -0.0704. The molecule has 0 fully saturated rings. The van der Waals surface area contributed by atoms with E-state index in [2.05, 4.69) is 12.6 Å². The molecule has 0 aromatic heterocycles. The first-order valence-electron chi connectivity index (χ1n) is 6.63. The molecule has 0 spiro atoms. The van der Waals surface area contributed by atoms with Crippen molar-refractivity contribution in [3.05, 3.63) is 0 Å². The summed E-state index contributed by atoms with van der Waals surface area (Å²) in [6, 6.07) is 0.755. The summed E-state index contributed by atoms with van der Waals surface area (Å²) >= 11 is 3.81. The van der Waals surface area contributed by atoms with Crippen LogP contribution < -0.4 is 0 Å². The minimum atomic E-state index is -2.55. The highest BCUT2D eigenvalue weighted by Gasteiger charge is 2.40. The van der Waals surface area contributed by atoms with Gasteiger partial charge in [-0.1, -0.05) is 6.92 Å². The molecule has 0 aliphatic carbocycles. The molecule has 0 heterocycles. The Kier molecular flexibility index (Phi) is 10.0. The summed E-state index contributed by atoms with van der Waals surface area (Å²) in [7, 11) is -2.55. The summed E-state index contributed by atoms with van der Waals surface area (Å²) in [5.41, 5.74) is 0. The highest BCUT2D eigenvalue weighted by molar-refractivity contribution is 7.96. The molecule has 0 rings (SSSR count). The number of thiol groups is 1. The van der Waals surface area contributed by atoms with Gasteiger partial charge in [0.25, 0.3) is 0 Å². The molecule has 1 unspecified atom stereocenters. The van der Waals surface area contributed by atoms with Crippen LogP contribution in [-0.2, 0) is 18.1 Å². The predicted molar refractivity (Wildman–Crippen MR) is 77.8 cm³/mol. The maximum absolute atomic E-state index is 10.9. The van der Waals surface area contributed by atoms with Crippen molar-refractivity contribution in [3.8, 4) is 0 Å². The minimum Gasteiger partial charge on any atom is -0.374 e. The lowest BCUT2D eigenvalue weighted by Gasteiger charge is -2.29. The lowest BCUT2D eigenvalue weighted by Crippen LogP contribution is -2.46. The van der Waals surface area contributed by atoms with Gasteiger partial charge in [0.05, 0.1) is 0 Å². The lowest BCUT2D eigenvalue weighted by molar-refractivity contribution is -0.111. The van der Waals surface area contributed by atoms with Crippen LogP contribution in [0.1, 0.15) is 40.5 Å². The zero-order valence-electron chi connectivity index (χ0n) is 11.9. The summed E-state index contributed by atoms with van der Waals surface area (Å²) in [5.74, 6) is 0.281. The van der Waals surface area contributed by atoms with Crippen LogP contribution in [0.4, 0.5) is 0 Å². The van der Waals surface area contributed by atoms with Gasteiger partial charge in [0.2, 0.25) is 0 Å². The number of hydrogen-bond acceptors (Lipinski definition) is 4. The quantitative estimate of drug-likeness (QED) is 0.470. The monoisotopic (exact) mass is 294 g/mol. The third kappa shape index (κ3) is 7.53. The van der Waals surface area contributed by atoms with Gasteiger partial charge >= 0.3 is 8.80 Å². The Morgan fingerprint density at radius 3 is 1.89 bits per heavy atom. The van der Waals surface area contributed by atoms with E-state index < -0.39 is 8.80 Å². The summed E-state index contributed by atoms with van der Waals surface area (Å²) in [6.07, 6.45) is 1.34. The van der Waals surface area contributed by atoms with Crippen LogP contribution in [0.15, 0.2) is 0 Å². The van der Waals surface area contributed by atoms with E-state index in [4.69, 9.17) is 13.3 Å². The van der Waals surface area contributed by atoms with Crippen molar-refractivity contribution < 1.29 is 18.1 Å². The standard InChI is InChI=1S/C12H26O4SSi/c1-5-14-18(15-6-2,16-7-3)9-8-11(4)10-12(13)17/h11H,5-10H2,1-4H3,(H,13,17). The first-order chi connectivity index (χ1) is 8.49. The average Bonchev–Trinajstić information content (AvgIpc) is 2.27.